The van der Waals surface area contributed by atoms with Crippen molar-refractivity contribution in [2.75, 3.05) is 5.32 Å². The lowest BCUT2D eigenvalue weighted by molar-refractivity contribution is 0.0636. The Labute approximate surface area is 106 Å². The third-order valence-electron chi connectivity index (χ3n) is 2.62. The molecule has 4 heteroatoms. The third-order valence-corrected chi connectivity index (χ3v) is 3.77. The van der Waals surface area contributed by atoms with Crippen LogP contribution in [0.3, 0.4) is 0 Å². The molecule has 1 aliphatic carbocycles. The van der Waals surface area contributed by atoms with Crippen molar-refractivity contribution in [1.82, 2.24) is 0 Å². The summed E-state index contributed by atoms with van der Waals surface area (Å²) in [5, 5.41) is 3.72. The Hall–Kier alpha value is -1.03. The van der Waals surface area contributed by atoms with Crippen LogP contribution in [0.25, 0.3) is 0 Å². The van der Waals surface area contributed by atoms with Gasteiger partial charge in [-0.2, -0.15) is 0 Å². The van der Waals surface area contributed by atoms with Crippen LogP contribution < -0.4 is 5.32 Å². The lowest BCUT2D eigenvalue weighted by Gasteiger charge is -2.19. The van der Waals surface area contributed by atoms with E-state index >= 15 is 0 Å². The van der Waals surface area contributed by atoms with Crippen molar-refractivity contribution in [1.29, 1.82) is 0 Å². The second-order valence-corrected chi connectivity index (χ2v) is 6.53. The summed E-state index contributed by atoms with van der Waals surface area (Å²) in [7, 11) is 0. The highest BCUT2D eigenvalue weighted by atomic mass is 32.1. The first-order valence-electron chi connectivity index (χ1n) is 6.06. The number of nitrogens with one attached hydrogen (secondary N) is 1. The number of thiophene rings is 1. The number of aryl methyl sites for hydroxylation is 2. The fourth-order valence-corrected chi connectivity index (χ4v) is 3.10. The molecule has 0 saturated carbocycles. The molecule has 94 valence electrons. The molecule has 1 N–H and O–H groups in total. The number of carbonyl (C=O) groups excluding carboxylic acids is 1. The maximum atomic E-state index is 11.6. The molecule has 2 rings (SSSR count). The minimum absolute atomic E-state index is 0.365. The van der Waals surface area contributed by atoms with Crippen molar-refractivity contribution >= 4 is 22.4 Å². The summed E-state index contributed by atoms with van der Waals surface area (Å²) >= 11 is 1.68. The van der Waals surface area contributed by atoms with Crippen molar-refractivity contribution < 1.29 is 9.53 Å². The fourth-order valence-electron chi connectivity index (χ4n) is 1.96. The number of anilines is 1. The van der Waals surface area contributed by atoms with Gasteiger partial charge in [0.15, 0.2) is 0 Å². The van der Waals surface area contributed by atoms with E-state index < -0.39 is 5.60 Å². The molecule has 0 spiro atoms. The smallest absolute Gasteiger partial charge is 0.412 e. The quantitative estimate of drug-likeness (QED) is 0.822. The Morgan fingerprint density at radius 3 is 2.71 bits per heavy atom. The van der Waals surface area contributed by atoms with Crippen LogP contribution in [0.1, 0.15) is 44.1 Å². The highest BCUT2D eigenvalue weighted by Crippen LogP contribution is 2.33. The van der Waals surface area contributed by atoms with Gasteiger partial charge >= 0.3 is 6.09 Å². The SMILES string of the molecule is CC(C)(C)OC(=O)Nc1cc2c(s1)CCCC2. The Morgan fingerprint density at radius 1 is 1.35 bits per heavy atom. The molecule has 0 saturated heterocycles. The average molecular weight is 253 g/mol. The van der Waals surface area contributed by atoms with Crippen LogP contribution in [0, 0.1) is 0 Å². The Balaban J connectivity index is 1.99. The largest absolute Gasteiger partial charge is 0.444 e. The fraction of sp³-hybridized carbons (Fsp3) is 0.615. The van der Waals surface area contributed by atoms with Gasteiger partial charge in [0, 0.05) is 4.88 Å². The van der Waals surface area contributed by atoms with Gasteiger partial charge in [0.1, 0.15) is 5.60 Å². The number of hydrogen-bond donors (Lipinski definition) is 1. The van der Waals surface area contributed by atoms with E-state index in [0.717, 1.165) is 17.8 Å². The van der Waals surface area contributed by atoms with E-state index in [1.54, 1.807) is 11.3 Å². The first-order valence-corrected chi connectivity index (χ1v) is 6.87. The minimum Gasteiger partial charge on any atom is -0.444 e. The van der Waals surface area contributed by atoms with E-state index in [0.29, 0.717) is 0 Å². The van der Waals surface area contributed by atoms with Crippen LogP contribution in [0.2, 0.25) is 0 Å². The second kappa shape index (κ2) is 4.69. The normalized spacial score (nSPS) is 15.2. The van der Waals surface area contributed by atoms with Crippen LogP contribution in [0.15, 0.2) is 6.07 Å². The zero-order valence-electron chi connectivity index (χ0n) is 10.6. The molecule has 0 fully saturated rings. The summed E-state index contributed by atoms with van der Waals surface area (Å²) in [6.07, 6.45) is 4.45. The Kier molecular flexibility index (Phi) is 3.43. The number of hydrogen-bond acceptors (Lipinski definition) is 3. The molecular formula is C13H19NO2S. The zero-order chi connectivity index (χ0) is 12.5. The summed E-state index contributed by atoms with van der Waals surface area (Å²) in [6.45, 7) is 5.60. The van der Waals surface area contributed by atoms with Gasteiger partial charge in [-0.05, 0) is 58.1 Å². The summed E-state index contributed by atoms with van der Waals surface area (Å²) in [6, 6.07) is 2.09. The predicted molar refractivity (Wildman–Crippen MR) is 70.8 cm³/mol. The highest BCUT2D eigenvalue weighted by Gasteiger charge is 2.18. The van der Waals surface area contributed by atoms with Crippen molar-refractivity contribution in [3.05, 3.63) is 16.5 Å². The van der Waals surface area contributed by atoms with E-state index in [9.17, 15) is 4.79 Å². The van der Waals surface area contributed by atoms with Gasteiger partial charge in [-0.1, -0.05) is 0 Å². The lowest BCUT2D eigenvalue weighted by Crippen LogP contribution is -2.26. The van der Waals surface area contributed by atoms with Crippen LogP contribution >= 0.6 is 11.3 Å². The number of amides is 1. The van der Waals surface area contributed by atoms with Gasteiger partial charge in [-0.3, -0.25) is 5.32 Å². The van der Waals surface area contributed by atoms with Gasteiger partial charge in [0.05, 0.1) is 5.00 Å². The third kappa shape index (κ3) is 3.46. The number of ether oxygens (including phenoxy) is 1. The summed E-state index contributed by atoms with van der Waals surface area (Å²) in [4.78, 5) is 13.0. The van der Waals surface area contributed by atoms with E-state index in [1.807, 2.05) is 20.8 Å². The molecule has 1 aromatic heterocycles. The number of rotatable bonds is 1. The minimum atomic E-state index is -0.443. The molecule has 1 amide bonds. The van der Waals surface area contributed by atoms with Crippen LogP contribution in [0.5, 0.6) is 0 Å². The van der Waals surface area contributed by atoms with E-state index in [2.05, 4.69) is 11.4 Å². The molecule has 0 unspecified atom stereocenters. The molecule has 0 bridgehead atoms. The maximum absolute atomic E-state index is 11.6. The summed E-state index contributed by atoms with van der Waals surface area (Å²) in [5.74, 6) is 0. The average Bonchev–Trinajstić information content (AvgIpc) is 2.55. The van der Waals surface area contributed by atoms with Crippen molar-refractivity contribution in [3.8, 4) is 0 Å². The van der Waals surface area contributed by atoms with Crippen molar-refractivity contribution in [2.45, 2.75) is 52.1 Å². The van der Waals surface area contributed by atoms with Gasteiger partial charge in [-0.25, -0.2) is 4.79 Å². The molecule has 0 atom stereocenters. The topological polar surface area (TPSA) is 38.3 Å². The first-order chi connectivity index (χ1) is 7.94. The van der Waals surface area contributed by atoms with Gasteiger partial charge in [0.25, 0.3) is 0 Å². The number of fused-ring (bicyclic) bond motifs is 1. The second-order valence-electron chi connectivity index (χ2n) is 5.39. The lowest BCUT2D eigenvalue weighted by atomic mass is 10.00. The molecule has 1 aromatic rings. The molecule has 1 aliphatic rings. The molecule has 17 heavy (non-hydrogen) atoms. The van der Waals surface area contributed by atoms with E-state index in [1.165, 1.54) is 23.3 Å². The van der Waals surface area contributed by atoms with Crippen molar-refractivity contribution in [2.24, 2.45) is 0 Å². The van der Waals surface area contributed by atoms with E-state index in [4.69, 9.17) is 4.74 Å². The van der Waals surface area contributed by atoms with Gasteiger partial charge in [0.2, 0.25) is 0 Å². The molecule has 1 heterocycles. The monoisotopic (exact) mass is 253 g/mol. The molecule has 0 aromatic carbocycles. The molecule has 0 aliphatic heterocycles. The van der Waals surface area contributed by atoms with Crippen molar-refractivity contribution in [3.63, 3.8) is 0 Å². The molecule has 0 radical (unpaired) electrons. The Morgan fingerprint density at radius 2 is 2.06 bits per heavy atom. The summed E-state index contributed by atoms with van der Waals surface area (Å²) < 4.78 is 5.23. The number of carbonyl (C=O) groups is 1. The highest BCUT2D eigenvalue weighted by molar-refractivity contribution is 7.16. The first kappa shape index (κ1) is 12.4. The summed E-state index contributed by atoms with van der Waals surface area (Å²) in [5.41, 5.74) is 0.952. The standard InChI is InChI=1S/C13H19NO2S/c1-13(2,3)16-12(15)14-11-8-9-6-4-5-7-10(9)17-11/h8H,4-7H2,1-3H3,(H,14,15). The van der Waals surface area contributed by atoms with Crippen LogP contribution in [-0.2, 0) is 17.6 Å². The maximum Gasteiger partial charge on any atom is 0.412 e. The predicted octanol–water partition coefficient (Wildman–Crippen LogP) is 3.97. The zero-order valence-corrected chi connectivity index (χ0v) is 11.4. The molecular weight excluding hydrogens is 234 g/mol. The molecule has 3 nitrogen and oxygen atoms in total. The van der Waals surface area contributed by atoms with E-state index in [-0.39, 0.29) is 6.09 Å². The van der Waals surface area contributed by atoms with Crippen LogP contribution in [-0.4, -0.2) is 11.7 Å². The van der Waals surface area contributed by atoms with Crippen LogP contribution in [0.4, 0.5) is 9.80 Å². The van der Waals surface area contributed by atoms with Gasteiger partial charge in [-0.15, -0.1) is 11.3 Å². The van der Waals surface area contributed by atoms with Gasteiger partial charge < -0.3 is 4.74 Å². The Bertz CT molecular complexity index is 394.